The Bertz CT molecular complexity index is 435. The molecule has 1 amide bonds. The normalized spacial score (nSPS) is 22.9. The zero-order valence-corrected chi connectivity index (χ0v) is 12.0. The van der Waals surface area contributed by atoms with Crippen LogP contribution in [0.15, 0.2) is 12.3 Å². The fraction of sp³-hybridized carbons (Fsp3) is 0.667. The van der Waals surface area contributed by atoms with Crippen LogP contribution in [0.3, 0.4) is 0 Å². The number of thiol groups is 1. The van der Waals surface area contributed by atoms with Crippen molar-refractivity contribution in [2.45, 2.75) is 33.1 Å². The maximum Gasteiger partial charge on any atom is 0.306 e. The van der Waals surface area contributed by atoms with Crippen LogP contribution in [-0.4, -0.2) is 31.2 Å². The molecule has 0 N–H and O–H groups in total. The largest absolute Gasteiger partial charge is 0.466 e. The number of amides is 1. The van der Waals surface area contributed by atoms with Gasteiger partial charge in [0.2, 0.25) is 16.8 Å². The van der Waals surface area contributed by atoms with E-state index in [2.05, 4.69) is 0 Å². The van der Waals surface area contributed by atoms with Crippen molar-refractivity contribution in [3.8, 4) is 0 Å². The predicted molar refractivity (Wildman–Crippen MR) is 69.4 cm³/mol. The molecule has 1 heterocycles. The molecule has 0 spiro atoms. The minimum Gasteiger partial charge on any atom is -0.466 e. The molecule has 0 fully saturated rings. The van der Waals surface area contributed by atoms with Crippen molar-refractivity contribution in [3.05, 3.63) is 12.3 Å². The van der Waals surface area contributed by atoms with Crippen molar-refractivity contribution in [2.75, 3.05) is 6.61 Å². The smallest absolute Gasteiger partial charge is 0.306 e. The first-order chi connectivity index (χ1) is 9.01. The van der Waals surface area contributed by atoms with Crippen molar-refractivity contribution in [3.63, 3.8) is 0 Å². The monoisotopic (exact) mass is 289 g/mol. The molecular formula is C12H19NO5S. The molecule has 2 atom stereocenters. The highest BCUT2D eigenvalue weighted by atomic mass is 32.2. The van der Waals surface area contributed by atoms with Crippen LogP contribution in [0.2, 0.25) is 0 Å². The topological polar surface area (TPSA) is 80.8 Å². The zero-order chi connectivity index (χ0) is 14.4. The van der Waals surface area contributed by atoms with E-state index in [4.69, 9.17) is 4.74 Å². The first-order valence-electron chi connectivity index (χ1n) is 6.32. The van der Waals surface area contributed by atoms with Crippen molar-refractivity contribution in [1.29, 1.82) is 0 Å². The molecule has 19 heavy (non-hydrogen) atoms. The predicted octanol–water partition coefficient (Wildman–Crippen LogP) is 0.854. The Hall–Kier alpha value is -1.37. The summed E-state index contributed by atoms with van der Waals surface area (Å²) in [5.41, 5.74) is 0. The van der Waals surface area contributed by atoms with Gasteiger partial charge in [0.05, 0.1) is 18.9 Å². The molecule has 0 bridgehead atoms. The minimum atomic E-state index is -3.00. The molecule has 0 saturated carbocycles. The van der Waals surface area contributed by atoms with Crippen LogP contribution in [0.4, 0.5) is 0 Å². The summed E-state index contributed by atoms with van der Waals surface area (Å²) in [6.07, 6.45) is 4.46. The summed E-state index contributed by atoms with van der Waals surface area (Å²) in [5, 5.41) is 0. The summed E-state index contributed by atoms with van der Waals surface area (Å²) in [7, 11) is -3.00. The van der Waals surface area contributed by atoms with Gasteiger partial charge in [-0.1, -0.05) is 19.4 Å². The van der Waals surface area contributed by atoms with E-state index in [1.54, 1.807) is 13.0 Å². The quantitative estimate of drug-likeness (QED) is 0.579. The molecule has 1 aliphatic heterocycles. The Morgan fingerprint density at radius 2 is 2.11 bits per heavy atom. The average molecular weight is 289 g/mol. The van der Waals surface area contributed by atoms with Crippen LogP contribution < -0.4 is 0 Å². The first-order valence-corrected chi connectivity index (χ1v) is 7.45. The van der Waals surface area contributed by atoms with Crippen LogP contribution in [-0.2, 0) is 25.2 Å². The van der Waals surface area contributed by atoms with Crippen molar-refractivity contribution >= 4 is 22.8 Å². The Balaban J connectivity index is 2.90. The number of hydrogen-bond donors (Lipinski definition) is 1. The van der Waals surface area contributed by atoms with E-state index in [9.17, 15) is 18.0 Å². The maximum atomic E-state index is 12.1. The average Bonchev–Trinajstić information content (AvgIpc) is 2.34. The highest BCUT2D eigenvalue weighted by molar-refractivity contribution is 7.70. The van der Waals surface area contributed by atoms with E-state index in [1.165, 1.54) is 6.20 Å². The number of nitrogens with zero attached hydrogens (tertiary/aromatic N) is 1. The minimum absolute atomic E-state index is 0.0820. The van der Waals surface area contributed by atoms with Gasteiger partial charge < -0.3 is 4.74 Å². The second kappa shape index (κ2) is 7.28. The van der Waals surface area contributed by atoms with E-state index in [0.29, 0.717) is 4.31 Å². The zero-order valence-electron chi connectivity index (χ0n) is 11.1. The van der Waals surface area contributed by atoms with Crippen molar-refractivity contribution in [1.82, 2.24) is 4.31 Å². The van der Waals surface area contributed by atoms with Gasteiger partial charge in [-0.25, -0.2) is 12.7 Å². The second-order valence-electron chi connectivity index (χ2n) is 4.33. The molecule has 0 aromatic heterocycles. The molecule has 0 aromatic carbocycles. The number of rotatable bonds is 6. The lowest BCUT2D eigenvalue weighted by molar-refractivity contribution is -0.148. The Morgan fingerprint density at radius 3 is 2.63 bits per heavy atom. The van der Waals surface area contributed by atoms with Gasteiger partial charge in [0, 0.05) is 6.20 Å². The van der Waals surface area contributed by atoms with Crippen molar-refractivity contribution < 1.29 is 22.7 Å². The summed E-state index contributed by atoms with van der Waals surface area (Å²) in [5.74, 6) is -1.80. The van der Waals surface area contributed by atoms with Crippen LogP contribution in [0, 0.1) is 11.8 Å². The number of carbonyl (C=O) groups is 2. The molecule has 1 rings (SSSR count). The number of esters is 1. The van der Waals surface area contributed by atoms with Crippen LogP contribution in [0.5, 0.6) is 0 Å². The van der Waals surface area contributed by atoms with Gasteiger partial charge >= 0.3 is 5.97 Å². The lowest BCUT2D eigenvalue weighted by atomic mass is 9.84. The van der Waals surface area contributed by atoms with Gasteiger partial charge in [0.15, 0.2) is 0 Å². The summed E-state index contributed by atoms with van der Waals surface area (Å²) >= 11 is 0. The van der Waals surface area contributed by atoms with E-state index in [1.807, 2.05) is 6.92 Å². The summed E-state index contributed by atoms with van der Waals surface area (Å²) < 4.78 is 27.4. The molecule has 108 valence electrons. The lowest BCUT2D eigenvalue weighted by Gasteiger charge is -2.29. The summed E-state index contributed by atoms with van der Waals surface area (Å²) in [6, 6.07) is 0. The number of hydrogen-bond acceptors (Lipinski definition) is 5. The standard InChI is InChI=1S/C12H19NO5S/c1-3-5-9-6-7-13(19(16)17)12(15)10(9)8-11(14)18-4-2/h6-7,9-10,19H,3-5,8H2,1-2H3/t9-,10-/m0/s1. The van der Waals surface area contributed by atoms with Crippen LogP contribution in [0.1, 0.15) is 33.1 Å². The maximum absolute atomic E-state index is 12.1. The van der Waals surface area contributed by atoms with E-state index in [0.717, 1.165) is 12.8 Å². The fourth-order valence-corrected chi connectivity index (χ4v) is 2.65. The summed E-state index contributed by atoms with van der Waals surface area (Å²) in [4.78, 5) is 23.6. The Labute approximate surface area is 114 Å². The van der Waals surface area contributed by atoms with Gasteiger partial charge in [-0.05, 0) is 19.3 Å². The number of carbonyl (C=O) groups excluding carboxylic acids is 2. The highest BCUT2D eigenvalue weighted by Crippen LogP contribution is 2.29. The molecule has 7 heteroatoms. The molecule has 0 unspecified atom stereocenters. The third kappa shape index (κ3) is 4.05. The van der Waals surface area contributed by atoms with Gasteiger partial charge in [0.25, 0.3) is 0 Å². The molecule has 0 radical (unpaired) electrons. The number of ether oxygens (including phenoxy) is 1. The summed E-state index contributed by atoms with van der Waals surface area (Å²) in [6.45, 7) is 3.90. The molecule has 0 saturated heterocycles. The molecule has 0 aliphatic carbocycles. The second-order valence-corrected chi connectivity index (χ2v) is 5.24. The Morgan fingerprint density at radius 1 is 1.42 bits per heavy atom. The van der Waals surface area contributed by atoms with Crippen molar-refractivity contribution in [2.24, 2.45) is 11.8 Å². The highest BCUT2D eigenvalue weighted by Gasteiger charge is 2.35. The fourth-order valence-electron chi connectivity index (χ4n) is 2.16. The van der Waals surface area contributed by atoms with E-state index in [-0.39, 0.29) is 18.9 Å². The van der Waals surface area contributed by atoms with Gasteiger partial charge in [-0.15, -0.1) is 0 Å². The molecule has 0 aromatic rings. The number of allylic oxidation sites excluding steroid dienone is 1. The van der Waals surface area contributed by atoms with E-state index < -0.39 is 28.7 Å². The van der Waals surface area contributed by atoms with Gasteiger partial charge in [-0.3, -0.25) is 9.59 Å². The lowest BCUT2D eigenvalue weighted by Crippen LogP contribution is -2.39. The van der Waals surface area contributed by atoms with E-state index >= 15 is 0 Å². The van der Waals surface area contributed by atoms with Crippen LogP contribution >= 0.6 is 0 Å². The van der Waals surface area contributed by atoms with Crippen LogP contribution in [0.25, 0.3) is 0 Å². The van der Waals surface area contributed by atoms with Gasteiger partial charge in [0.1, 0.15) is 0 Å². The first kappa shape index (κ1) is 15.7. The van der Waals surface area contributed by atoms with Gasteiger partial charge in [-0.2, -0.15) is 0 Å². The third-order valence-electron chi connectivity index (χ3n) is 3.02. The molecular weight excluding hydrogens is 270 g/mol. The third-order valence-corrected chi connectivity index (χ3v) is 3.71. The SMILES string of the molecule is CCC[C@H]1C=CN([SH](=O)=O)C(=O)[C@H]1CC(=O)OCC. The molecule has 6 nitrogen and oxygen atoms in total. The molecule has 1 aliphatic rings. The Kier molecular flexibility index (Phi) is 6.01.